The topological polar surface area (TPSA) is 98.5 Å². The quantitative estimate of drug-likeness (QED) is 0.426. The second kappa shape index (κ2) is 8.94. The van der Waals surface area contributed by atoms with Crippen LogP contribution < -0.4 is 4.72 Å². The summed E-state index contributed by atoms with van der Waals surface area (Å²) in [5.41, 5.74) is 4.07. The van der Waals surface area contributed by atoms with Gasteiger partial charge in [0.1, 0.15) is 5.52 Å². The predicted octanol–water partition coefficient (Wildman–Crippen LogP) is 4.11. The van der Waals surface area contributed by atoms with Crippen LogP contribution in [0.1, 0.15) is 21.5 Å². The highest BCUT2D eigenvalue weighted by molar-refractivity contribution is 7.89. The Bertz CT molecular complexity index is 1380. The van der Waals surface area contributed by atoms with E-state index in [1.54, 1.807) is 13.0 Å². The summed E-state index contributed by atoms with van der Waals surface area (Å²) in [6.45, 7) is 1.91. The van der Waals surface area contributed by atoms with Gasteiger partial charge < -0.3 is 9.15 Å². The van der Waals surface area contributed by atoms with E-state index in [1.807, 2.05) is 48.5 Å². The summed E-state index contributed by atoms with van der Waals surface area (Å²) in [6, 6.07) is 19.6. The van der Waals surface area contributed by atoms with Crippen LogP contribution in [-0.4, -0.2) is 33.0 Å². The van der Waals surface area contributed by atoms with Gasteiger partial charge in [0, 0.05) is 12.1 Å². The molecule has 7 nitrogen and oxygen atoms in total. The Morgan fingerprint density at radius 1 is 1.06 bits per heavy atom. The Labute approximate surface area is 186 Å². The van der Waals surface area contributed by atoms with Crippen LogP contribution in [0.25, 0.3) is 22.6 Å². The number of benzene rings is 3. The van der Waals surface area contributed by atoms with Crippen molar-refractivity contribution in [2.24, 2.45) is 0 Å². The van der Waals surface area contributed by atoms with Gasteiger partial charge in [-0.25, -0.2) is 22.9 Å². The van der Waals surface area contributed by atoms with E-state index < -0.39 is 16.0 Å². The van der Waals surface area contributed by atoms with Gasteiger partial charge in [0.25, 0.3) is 0 Å². The van der Waals surface area contributed by atoms with E-state index in [0.29, 0.717) is 29.0 Å². The first-order valence-electron chi connectivity index (χ1n) is 10.0. The third-order valence-electron chi connectivity index (χ3n) is 5.10. The molecule has 0 aliphatic carbocycles. The second-order valence-corrected chi connectivity index (χ2v) is 9.07. The maximum Gasteiger partial charge on any atom is 0.338 e. The third kappa shape index (κ3) is 4.56. The molecule has 0 amide bonds. The summed E-state index contributed by atoms with van der Waals surface area (Å²) in [4.78, 5) is 16.4. The van der Waals surface area contributed by atoms with Crippen molar-refractivity contribution in [2.75, 3.05) is 13.7 Å². The Morgan fingerprint density at radius 3 is 2.59 bits per heavy atom. The van der Waals surface area contributed by atoms with Crippen molar-refractivity contribution in [1.29, 1.82) is 0 Å². The van der Waals surface area contributed by atoms with Gasteiger partial charge in [-0.2, -0.15) is 0 Å². The van der Waals surface area contributed by atoms with Crippen LogP contribution in [0.15, 0.2) is 76.0 Å². The standard InChI is InChI=1S/C24H22N2O5S/c1-16-8-10-19(15-20(16)24(27)30-2)32(28,29)25-13-12-17-9-11-22-21(14-17)26-23(31-22)18-6-4-3-5-7-18/h3-11,14-15,25H,12-13H2,1-2H3. The first-order chi connectivity index (χ1) is 15.4. The van der Waals surface area contributed by atoms with Gasteiger partial charge in [0.2, 0.25) is 15.9 Å². The second-order valence-electron chi connectivity index (χ2n) is 7.30. The van der Waals surface area contributed by atoms with Gasteiger partial charge in [-0.1, -0.05) is 30.3 Å². The van der Waals surface area contributed by atoms with Crippen molar-refractivity contribution < 1.29 is 22.4 Å². The molecule has 0 atom stereocenters. The van der Waals surface area contributed by atoms with Crippen molar-refractivity contribution >= 4 is 27.1 Å². The van der Waals surface area contributed by atoms with E-state index in [0.717, 1.165) is 11.1 Å². The molecule has 3 aromatic carbocycles. The lowest BCUT2D eigenvalue weighted by molar-refractivity contribution is 0.0599. The van der Waals surface area contributed by atoms with E-state index in [1.165, 1.54) is 19.2 Å². The number of sulfonamides is 1. The lowest BCUT2D eigenvalue weighted by Gasteiger charge is -2.10. The lowest BCUT2D eigenvalue weighted by Crippen LogP contribution is -2.26. The molecule has 4 aromatic rings. The van der Waals surface area contributed by atoms with E-state index in [9.17, 15) is 13.2 Å². The van der Waals surface area contributed by atoms with Gasteiger partial charge in [0.15, 0.2) is 5.58 Å². The number of nitrogens with zero attached hydrogens (tertiary/aromatic N) is 1. The van der Waals surface area contributed by atoms with Crippen molar-refractivity contribution in [3.8, 4) is 11.5 Å². The number of carbonyl (C=O) groups excluding carboxylic acids is 1. The Kier molecular flexibility index (Phi) is 6.07. The highest BCUT2D eigenvalue weighted by Gasteiger charge is 2.18. The number of rotatable bonds is 7. The fourth-order valence-corrected chi connectivity index (χ4v) is 4.40. The highest BCUT2D eigenvalue weighted by Crippen LogP contribution is 2.25. The van der Waals surface area contributed by atoms with Crippen LogP contribution in [0.3, 0.4) is 0 Å². The average molecular weight is 451 g/mol. The molecule has 0 unspecified atom stereocenters. The fraction of sp³-hybridized carbons (Fsp3) is 0.167. The molecule has 0 saturated carbocycles. The summed E-state index contributed by atoms with van der Waals surface area (Å²) in [6.07, 6.45) is 0.471. The minimum Gasteiger partial charge on any atom is -0.465 e. The molecule has 164 valence electrons. The molecule has 8 heteroatoms. The van der Waals surface area contributed by atoms with Crippen LogP contribution >= 0.6 is 0 Å². The van der Waals surface area contributed by atoms with E-state index in [4.69, 9.17) is 9.15 Å². The zero-order valence-corrected chi connectivity index (χ0v) is 18.5. The SMILES string of the molecule is COC(=O)c1cc(S(=O)(=O)NCCc2ccc3oc(-c4ccccc4)nc3c2)ccc1C. The minimum atomic E-state index is -3.78. The largest absolute Gasteiger partial charge is 0.465 e. The molecular formula is C24H22N2O5S. The van der Waals surface area contributed by atoms with Gasteiger partial charge in [-0.15, -0.1) is 0 Å². The number of carbonyl (C=O) groups is 1. The van der Waals surface area contributed by atoms with Gasteiger partial charge in [-0.3, -0.25) is 0 Å². The molecule has 0 bridgehead atoms. The van der Waals surface area contributed by atoms with E-state index >= 15 is 0 Å². The molecule has 4 rings (SSSR count). The average Bonchev–Trinajstić information content (AvgIpc) is 3.23. The number of esters is 1. The minimum absolute atomic E-state index is 0.0166. The smallest absolute Gasteiger partial charge is 0.338 e. The molecule has 0 aliphatic rings. The molecule has 1 N–H and O–H groups in total. The number of aromatic nitrogens is 1. The molecule has 32 heavy (non-hydrogen) atoms. The number of hydrogen-bond donors (Lipinski definition) is 1. The predicted molar refractivity (Wildman–Crippen MR) is 121 cm³/mol. The number of fused-ring (bicyclic) bond motifs is 1. The van der Waals surface area contributed by atoms with Crippen molar-refractivity contribution in [1.82, 2.24) is 9.71 Å². The van der Waals surface area contributed by atoms with Gasteiger partial charge >= 0.3 is 5.97 Å². The Hall–Kier alpha value is -3.49. The summed E-state index contributed by atoms with van der Waals surface area (Å²) >= 11 is 0. The molecule has 0 aliphatic heterocycles. The first-order valence-corrected chi connectivity index (χ1v) is 11.5. The van der Waals surface area contributed by atoms with Crippen LogP contribution in [-0.2, 0) is 21.2 Å². The maximum atomic E-state index is 12.7. The van der Waals surface area contributed by atoms with Crippen LogP contribution in [0.2, 0.25) is 0 Å². The van der Waals surface area contributed by atoms with E-state index in [-0.39, 0.29) is 17.0 Å². The normalized spacial score (nSPS) is 11.6. The molecule has 0 saturated heterocycles. The molecule has 1 aromatic heterocycles. The number of ether oxygens (including phenoxy) is 1. The molecule has 1 heterocycles. The van der Waals surface area contributed by atoms with Gasteiger partial charge in [0.05, 0.1) is 17.6 Å². The Morgan fingerprint density at radius 2 is 1.84 bits per heavy atom. The monoisotopic (exact) mass is 450 g/mol. The molecule has 0 radical (unpaired) electrons. The number of aryl methyl sites for hydroxylation is 1. The van der Waals surface area contributed by atoms with Crippen LogP contribution in [0.4, 0.5) is 0 Å². The zero-order chi connectivity index (χ0) is 22.7. The zero-order valence-electron chi connectivity index (χ0n) is 17.7. The highest BCUT2D eigenvalue weighted by atomic mass is 32.2. The Balaban J connectivity index is 1.46. The van der Waals surface area contributed by atoms with Crippen molar-refractivity contribution in [3.05, 3.63) is 83.4 Å². The number of hydrogen-bond acceptors (Lipinski definition) is 6. The number of oxazole rings is 1. The van der Waals surface area contributed by atoms with Crippen LogP contribution in [0.5, 0.6) is 0 Å². The molecule has 0 fully saturated rings. The van der Waals surface area contributed by atoms with Gasteiger partial charge in [-0.05, 0) is 60.9 Å². The van der Waals surface area contributed by atoms with Crippen molar-refractivity contribution in [3.63, 3.8) is 0 Å². The summed E-state index contributed by atoms with van der Waals surface area (Å²) in [5, 5.41) is 0. The van der Waals surface area contributed by atoms with Crippen LogP contribution in [0, 0.1) is 6.92 Å². The summed E-state index contributed by atoms with van der Waals surface area (Å²) in [5.74, 6) is -0.0328. The number of nitrogens with one attached hydrogen (secondary N) is 1. The molecular weight excluding hydrogens is 428 g/mol. The van der Waals surface area contributed by atoms with Crippen molar-refractivity contribution in [2.45, 2.75) is 18.2 Å². The third-order valence-corrected chi connectivity index (χ3v) is 6.56. The fourth-order valence-electron chi connectivity index (χ4n) is 3.34. The summed E-state index contributed by atoms with van der Waals surface area (Å²) < 4.78 is 38.5. The number of methoxy groups -OCH3 is 1. The van der Waals surface area contributed by atoms with E-state index in [2.05, 4.69) is 9.71 Å². The lowest BCUT2D eigenvalue weighted by atomic mass is 10.1. The molecule has 0 spiro atoms. The summed E-state index contributed by atoms with van der Waals surface area (Å²) in [7, 11) is -2.52. The first kappa shape index (κ1) is 21.7. The maximum absolute atomic E-state index is 12.7.